The molecule has 18 nitrogen and oxygen atoms in total. The molecule has 0 bridgehead atoms. The van der Waals surface area contributed by atoms with Crippen LogP contribution in [0.5, 0.6) is 0 Å². The summed E-state index contributed by atoms with van der Waals surface area (Å²) >= 11 is 0. The van der Waals surface area contributed by atoms with E-state index in [4.69, 9.17) is 9.47 Å². The predicted octanol–water partition coefficient (Wildman–Crippen LogP) is 4.17. The van der Waals surface area contributed by atoms with Crippen LogP contribution in [0.1, 0.15) is 70.9 Å². The number of benzene rings is 1. The molecule has 7 rings (SSSR count). The number of esters is 1. The van der Waals surface area contributed by atoms with Crippen LogP contribution < -0.4 is 14.5 Å². The number of amides is 3. The molecule has 0 saturated carbocycles. The van der Waals surface area contributed by atoms with Gasteiger partial charge in [0.25, 0.3) is 10.0 Å². The molecule has 322 valence electrons. The van der Waals surface area contributed by atoms with Crippen LogP contribution in [0.15, 0.2) is 47.4 Å². The third-order valence-electron chi connectivity index (χ3n) is 11.1. The van der Waals surface area contributed by atoms with Gasteiger partial charge in [-0.1, -0.05) is 18.2 Å². The number of ether oxygens (including phenoxy) is 2. The molecule has 61 heavy (non-hydrogen) atoms. The zero-order valence-electron chi connectivity index (χ0n) is 34.9. The third-order valence-corrected chi connectivity index (χ3v) is 12.5. The van der Waals surface area contributed by atoms with Crippen molar-refractivity contribution in [2.45, 2.75) is 52.0 Å². The molecule has 2 N–H and O–H groups in total. The summed E-state index contributed by atoms with van der Waals surface area (Å²) in [5.74, 6) is 0.223. The summed E-state index contributed by atoms with van der Waals surface area (Å²) in [6.45, 7) is 15.5. The van der Waals surface area contributed by atoms with Crippen LogP contribution in [0.3, 0.4) is 0 Å². The summed E-state index contributed by atoms with van der Waals surface area (Å²) in [5.41, 5.74) is 1.24. The normalized spacial score (nSPS) is 20.5. The second-order valence-corrected chi connectivity index (χ2v) is 18.3. The van der Waals surface area contributed by atoms with Crippen LogP contribution >= 0.6 is 0 Å². The average molecular weight is 856 g/mol. The van der Waals surface area contributed by atoms with Gasteiger partial charge in [-0.25, -0.2) is 42.3 Å². The Morgan fingerprint density at radius 3 is 1.69 bits per heavy atom. The van der Waals surface area contributed by atoms with Gasteiger partial charge in [0.1, 0.15) is 29.4 Å². The van der Waals surface area contributed by atoms with Crippen molar-refractivity contribution in [3.63, 3.8) is 0 Å². The first-order valence-corrected chi connectivity index (χ1v) is 21.4. The number of pyridine rings is 2. The van der Waals surface area contributed by atoms with Crippen LogP contribution in [0, 0.1) is 60.2 Å². The number of hydrogen-bond acceptors (Lipinski definition) is 14. The maximum absolute atomic E-state index is 12.6. The fraction of sp³-hybridized carbons (Fsp3) is 0.476. The number of nitrogens with one attached hydrogen (secondary N) is 1. The fourth-order valence-corrected chi connectivity index (χ4v) is 9.27. The number of carbonyl (C=O) groups excluding carboxylic acids is 3. The molecular formula is C42H49N9O9S. The molecule has 0 radical (unpaired) electrons. The van der Waals surface area contributed by atoms with Crippen LogP contribution in [0.25, 0.3) is 0 Å². The molecule has 19 heteroatoms. The fourth-order valence-electron chi connectivity index (χ4n) is 8.28. The topological polar surface area (TPSA) is 239 Å². The maximum Gasteiger partial charge on any atom is 0.410 e. The molecular weight excluding hydrogens is 807 g/mol. The van der Waals surface area contributed by atoms with Crippen LogP contribution in [0.4, 0.5) is 21.2 Å². The van der Waals surface area contributed by atoms with Gasteiger partial charge in [0, 0.05) is 76.0 Å². The summed E-state index contributed by atoms with van der Waals surface area (Å²) in [5, 5.41) is 28.3. The van der Waals surface area contributed by atoms with Gasteiger partial charge < -0.3 is 34.2 Å². The SMILES string of the molecule is CCOC(=O)c1cc(C#N)c(N2CC3CN(C(=O)OC(C)(C)C)CC3C2)nc1C.Cc1nc(N2CC3CN(C(=O)NS(=O)(=O)c4ccccc4)CC3C2)c(C#N)cc1C(=O)O. The number of nitriles is 2. The van der Waals surface area contributed by atoms with Gasteiger partial charge in [-0.15, -0.1) is 0 Å². The number of likely N-dealkylation sites (tertiary alicyclic amines) is 2. The highest BCUT2D eigenvalue weighted by molar-refractivity contribution is 7.90. The number of aromatic carboxylic acids is 1. The molecule has 0 aliphatic carbocycles. The number of carbonyl (C=O) groups is 4. The van der Waals surface area contributed by atoms with Crippen molar-refractivity contribution in [2.75, 3.05) is 68.8 Å². The van der Waals surface area contributed by atoms with E-state index in [0.29, 0.717) is 98.3 Å². The quantitative estimate of drug-likeness (QED) is 0.317. The zero-order valence-corrected chi connectivity index (χ0v) is 35.7. The number of hydrogen-bond donors (Lipinski definition) is 2. The van der Waals surface area contributed by atoms with Gasteiger partial charge >= 0.3 is 24.1 Å². The largest absolute Gasteiger partial charge is 0.478 e. The van der Waals surface area contributed by atoms with Crippen molar-refractivity contribution in [3.05, 3.63) is 76.1 Å². The van der Waals surface area contributed by atoms with E-state index < -0.39 is 33.6 Å². The standard InChI is InChI=1S/C21H21N5O5S.C21H28N4O4/c1-13-18(20(27)28)7-14(8-22)19(23-13)25-9-15-11-26(12-16(15)10-25)21(29)24-32(30,31)17-5-3-2-4-6-17;1-6-28-19(26)17-7-14(8-22)18(23-13(17)2)24-9-15-11-25(12-16(15)10-24)20(27)29-21(3,4)5/h2-7,15-16H,9-12H2,1H3,(H,24,29)(H,27,28);7,15-16H,6,9-12H2,1-5H3. The highest BCUT2D eigenvalue weighted by Crippen LogP contribution is 2.37. The molecule has 1 aromatic carbocycles. The summed E-state index contributed by atoms with van der Waals surface area (Å²) in [6, 6.07) is 14.1. The number of urea groups is 1. The number of aryl methyl sites for hydroxylation is 2. The summed E-state index contributed by atoms with van der Waals surface area (Å²) < 4.78 is 37.5. The lowest BCUT2D eigenvalue weighted by atomic mass is 10.0. The molecule has 4 aliphatic heterocycles. The average Bonchev–Trinajstić information content (AvgIpc) is 3.98. The lowest BCUT2D eigenvalue weighted by molar-refractivity contribution is 0.0282. The Kier molecular flexibility index (Phi) is 12.7. The van der Waals surface area contributed by atoms with Gasteiger partial charge in [-0.2, -0.15) is 10.5 Å². The first-order chi connectivity index (χ1) is 28.8. The van der Waals surface area contributed by atoms with Crippen molar-refractivity contribution in [1.29, 1.82) is 10.5 Å². The monoisotopic (exact) mass is 855 g/mol. The predicted molar refractivity (Wildman–Crippen MR) is 220 cm³/mol. The van der Waals surface area contributed by atoms with Crippen LogP contribution in [0.2, 0.25) is 0 Å². The van der Waals surface area contributed by atoms with Crippen molar-refractivity contribution in [2.24, 2.45) is 23.7 Å². The number of rotatable bonds is 7. The van der Waals surface area contributed by atoms with Gasteiger partial charge in [-0.3, -0.25) is 0 Å². The first kappa shape index (κ1) is 44.1. The van der Waals surface area contributed by atoms with Crippen molar-refractivity contribution in [3.8, 4) is 12.1 Å². The van der Waals surface area contributed by atoms with Crippen LogP contribution in [-0.2, 0) is 19.5 Å². The van der Waals surface area contributed by atoms with E-state index in [2.05, 4.69) is 25.7 Å². The lowest BCUT2D eigenvalue weighted by Crippen LogP contribution is -2.43. The third kappa shape index (κ3) is 9.78. The highest BCUT2D eigenvalue weighted by Gasteiger charge is 2.45. The van der Waals surface area contributed by atoms with E-state index >= 15 is 0 Å². The Morgan fingerprint density at radius 1 is 0.787 bits per heavy atom. The minimum Gasteiger partial charge on any atom is -0.478 e. The summed E-state index contributed by atoms with van der Waals surface area (Å²) in [4.78, 5) is 64.5. The van der Waals surface area contributed by atoms with E-state index in [1.807, 2.05) is 31.7 Å². The van der Waals surface area contributed by atoms with E-state index in [0.717, 1.165) is 0 Å². The Labute approximate surface area is 354 Å². The Bertz CT molecular complexity index is 2380. The number of carboxylic acid groups (broad SMARTS) is 1. The number of nitrogens with zero attached hydrogens (tertiary/aromatic N) is 8. The number of anilines is 2. The van der Waals surface area contributed by atoms with E-state index in [-0.39, 0.29) is 40.6 Å². The van der Waals surface area contributed by atoms with Gasteiger partial charge in [-0.05, 0) is 65.8 Å². The lowest BCUT2D eigenvalue weighted by Gasteiger charge is -2.26. The second-order valence-electron chi connectivity index (χ2n) is 16.6. The van der Waals surface area contributed by atoms with Crippen molar-refractivity contribution in [1.82, 2.24) is 24.5 Å². The van der Waals surface area contributed by atoms with Gasteiger partial charge in [0.05, 0.1) is 45.1 Å². The van der Waals surface area contributed by atoms with Gasteiger partial charge in [0.15, 0.2) is 0 Å². The molecule has 3 aromatic rings. The molecule has 4 aliphatic rings. The molecule has 0 spiro atoms. The van der Waals surface area contributed by atoms with E-state index in [1.165, 1.54) is 23.1 Å². The molecule has 4 fully saturated rings. The highest BCUT2D eigenvalue weighted by atomic mass is 32.2. The first-order valence-electron chi connectivity index (χ1n) is 19.9. The Balaban J connectivity index is 0.000000205. The maximum atomic E-state index is 12.6. The molecule has 2 aromatic heterocycles. The molecule has 3 amide bonds. The second kappa shape index (κ2) is 17.6. The summed E-state index contributed by atoms with van der Waals surface area (Å²) in [6.07, 6.45) is -0.274. The van der Waals surface area contributed by atoms with Gasteiger partial charge in [0.2, 0.25) is 0 Å². The minimum atomic E-state index is -3.94. The summed E-state index contributed by atoms with van der Waals surface area (Å²) in [7, 11) is -3.94. The number of fused-ring (bicyclic) bond motifs is 2. The number of sulfonamides is 1. The molecule has 4 unspecified atom stereocenters. The Hall–Kier alpha value is -6.47. The number of carboxylic acids is 1. The molecule has 4 saturated heterocycles. The van der Waals surface area contributed by atoms with E-state index in [9.17, 15) is 43.2 Å². The number of aromatic nitrogens is 2. The van der Waals surface area contributed by atoms with Crippen molar-refractivity contribution < 1.29 is 42.2 Å². The van der Waals surface area contributed by atoms with Crippen LogP contribution in [-0.4, -0.2) is 122 Å². The van der Waals surface area contributed by atoms with E-state index in [1.54, 1.807) is 49.9 Å². The smallest absolute Gasteiger partial charge is 0.410 e. The zero-order chi connectivity index (χ0) is 44.4. The Morgan fingerprint density at radius 2 is 1.25 bits per heavy atom. The van der Waals surface area contributed by atoms with Crippen molar-refractivity contribution >= 4 is 45.7 Å². The molecule has 6 heterocycles. The minimum absolute atomic E-state index is 0.00726. The molecule has 4 atom stereocenters.